The van der Waals surface area contributed by atoms with E-state index in [0.29, 0.717) is 11.0 Å². The van der Waals surface area contributed by atoms with E-state index >= 15 is 0 Å². The summed E-state index contributed by atoms with van der Waals surface area (Å²) in [6.45, 7) is 1.66. The van der Waals surface area contributed by atoms with Gasteiger partial charge in [-0.25, -0.2) is 0 Å². The Morgan fingerprint density at radius 3 is 2.48 bits per heavy atom. The first kappa shape index (κ1) is 18.1. The molecule has 0 saturated heterocycles. The van der Waals surface area contributed by atoms with Crippen LogP contribution in [-0.4, -0.2) is 36.8 Å². The van der Waals surface area contributed by atoms with Crippen LogP contribution in [0.15, 0.2) is 47.3 Å². The van der Waals surface area contributed by atoms with Crippen LogP contribution in [0.1, 0.15) is 5.56 Å². The van der Waals surface area contributed by atoms with Crippen LogP contribution in [0.4, 0.5) is 0 Å². The standard InChI is InChI=1S/C18H20NO2S.BrH/c1-19(2,9-10-20)12-13-7-8-17-15(11-13)18(21)14-5-3-4-6-16(14)22-17;/h3-8,11,20H,9-10,12H2,1-2H3;1H/q+1;/p-1. The average Bonchev–Trinajstić information content (AvgIpc) is 2.48. The fourth-order valence-corrected chi connectivity index (χ4v) is 3.84. The highest BCUT2D eigenvalue weighted by atomic mass is 79.9. The van der Waals surface area contributed by atoms with Crippen molar-refractivity contribution in [1.82, 2.24) is 0 Å². The van der Waals surface area contributed by atoms with E-state index < -0.39 is 0 Å². The van der Waals surface area contributed by atoms with Gasteiger partial charge in [-0.3, -0.25) is 4.79 Å². The van der Waals surface area contributed by atoms with Crippen molar-refractivity contribution in [3.63, 3.8) is 0 Å². The second kappa shape index (κ2) is 7.09. The second-order valence-corrected chi connectivity index (χ2v) is 7.38. The molecular weight excluding hydrogens is 374 g/mol. The summed E-state index contributed by atoms with van der Waals surface area (Å²) in [6, 6.07) is 13.9. The number of hydrogen-bond acceptors (Lipinski definition) is 3. The predicted molar refractivity (Wildman–Crippen MR) is 93.4 cm³/mol. The summed E-state index contributed by atoms with van der Waals surface area (Å²) in [4.78, 5) is 12.7. The number of aliphatic hydroxyl groups is 1. The lowest BCUT2D eigenvalue weighted by Crippen LogP contribution is -3.00. The topological polar surface area (TPSA) is 37.3 Å². The first-order valence-electron chi connectivity index (χ1n) is 7.37. The average molecular weight is 394 g/mol. The molecule has 3 rings (SSSR count). The Labute approximate surface area is 150 Å². The molecule has 2 aromatic carbocycles. The van der Waals surface area contributed by atoms with E-state index in [1.54, 1.807) is 11.3 Å². The fraction of sp³-hybridized carbons (Fsp3) is 0.278. The van der Waals surface area contributed by atoms with Crippen LogP contribution in [0.2, 0.25) is 0 Å². The van der Waals surface area contributed by atoms with E-state index in [0.717, 1.165) is 32.3 Å². The lowest BCUT2D eigenvalue weighted by Gasteiger charge is -2.29. The quantitative estimate of drug-likeness (QED) is 0.499. The zero-order chi connectivity index (χ0) is 15.7. The van der Waals surface area contributed by atoms with Crippen LogP contribution in [0, 0.1) is 0 Å². The van der Waals surface area contributed by atoms with Gasteiger partial charge >= 0.3 is 0 Å². The highest BCUT2D eigenvalue weighted by Crippen LogP contribution is 2.25. The zero-order valence-corrected chi connectivity index (χ0v) is 15.7. The Kier molecular flexibility index (Phi) is 5.57. The minimum atomic E-state index is 0. The largest absolute Gasteiger partial charge is 1.00 e. The first-order chi connectivity index (χ1) is 10.5. The SMILES string of the molecule is C[N+](C)(CCO)Cc1ccc2sc3ccccc3c(=O)c2c1.[Br-]. The Balaban J connectivity index is 0.00000192. The molecule has 0 aliphatic rings. The Morgan fingerprint density at radius 2 is 1.74 bits per heavy atom. The molecule has 1 heterocycles. The molecule has 0 radical (unpaired) electrons. The summed E-state index contributed by atoms with van der Waals surface area (Å²) >= 11 is 1.66. The summed E-state index contributed by atoms with van der Waals surface area (Å²) in [5.74, 6) is 0. The number of quaternary nitrogens is 1. The summed E-state index contributed by atoms with van der Waals surface area (Å²) in [7, 11) is 4.17. The molecule has 3 aromatic rings. The molecule has 5 heteroatoms. The van der Waals surface area contributed by atoms with Gasteiger partial charge in [-0.2, -0.15) is 0 Å². The van der Waals surface area contributed by atoms with Crippen molar-refractivity contribution in [2.24, 2.45) is 0 Å². The number of aliphatic hydroxyl groups excluding tert-OH is 1. The molecule has 0 atom stereocenters. The Bertz CT molecular complexity index is 889. The maximum atomic E-state index is 12.7. The summed E-state index contributed by atoms with van der Waals surface area (Å²) < 4.78 is 2.76. The van der Waals surface area contributed by atoms with Crippen LogP contribution in [0.25, 0.3) is 20.2 Å². The smallest absolute Gasteiger partial charge is 0.195 e. The molecule has 122 valence electrons. The molecule has 0 unspecified atom stereocenters. The van der Waals surface area contributed by atoms with Crippen molar-refractivity contribution in [1.29, 1.82) is 0 Å². The number of fused-ring (bicyclic) bond motifs is 2. The van der Waals surface area contributed by atoms with Gasteiger partial charge in [0.15, 0.2) is 5.43 Å². The van der Waals surface area contributed by atoms with E-state index in [1.165, 1.54) is 0 Å². The third kappa shape index (κ3) is 3.80. The lowest BCUT2D eigenvalue weighted by atomic mass is 10.1. The van der Waals surface area contributed by atoms with Crippen molar-refractivity contribution < 1.29 is 26.6 Å². The molecule has 0 saturated carbocycles. The van der Waals surface area contributed by atoms with Gasteiger partial charge in [0.2, 0.25) is 0 Å². The number of nitrogens with zero attached hydrogens (tertiary/aromatic N) is 1. The normalized spacial score (nSPS) is 11.6. The van der Waals surface area contributed by atoms with Gasteiger partial charge in [0, 0.05) is 25.7 Å². The predicted octanol–water partition coefficient (Wildman–Crippen LogP) is -0.0126. The van der Waals surface area contributed by atoms with E-state index in [1.807, 2.05) is 36.4 Å². The number of halogens is 1. The fourth-order valence-electron chi connectivity index (χ4n) is 2.79. The summed E-state index contributed by atoms with van der Waals surface area (Å²) in [5.41, 5.74) is 1.24. The summed E-state index contributed by atoms with van der Waals surface area (Å²) in [5, 5.41) is 10.7. The van der Waals surface area contributed by atoms with Gasteiger partial charge in [-0.15, -0.1) is 11.3 Å². The molecule has 0 fully saturated rings. The van der Waals surface area contributed by atoms with Gasteiger partial charge in [0.05, 0.1) is 20.7 Å². The number of rotatable bonds is 4. The molecule has 0 aliphatic carbocycles. The van der Waals surface area contributed by atoms with Gasteiger partial charge < -0.3 is 26.6 Å². The molecule has 23 heavy (non-hydrogen) atoms. The van der Waals surface area contributed by atoms with E-state index in [-0.39, 0.29) is 29.0 Å². The minimum absolute atomic E-state index is 0. The van der Waals surface area contributed by atoms with Gasteiger partial charge in [0.25, 0.3) is 0 Å². The highest BCUT2D eigenvalue weighted by Gasteiger charge is 2.16. The molecule has 1 aromatic heterocycles. The second-order valence-electron chi connectivity index (χ2n) is 6.30. The maximum absolute atomic E-state index is 12.7. The van der Waals surface area contributed by atoms with Crippen molar-refractivity contribution in [3.8, 4) is 0 Å². The van der Waals surface area contributed by atoms with Crippen LogP contribution in [0.3, 0.4) is 0 Å². The third-order valence-electron chi connectivity index (χ3n) is 3.96. The minimum Gasteiger partial charge on any atom is -1.00 e. The monoisotopic (exact) mass is 393 g/mol. The van der Waals surface area contributed by atoms with Crippen LogP contribution in [-0.2, 0) is 6.54 Å². The van der Waals surface area contributed by atoms with Crippen molar-refractivity contribution in [3.05, 3.63) is 58.3 Å². The zero-order valence-electron chi connectivity index (χ0n) is 13.3. The first-order valence-corrected chi connectivity index (χ1v) is 8.19. The molecule has 0 aliphatic heterocycles. The third-order valence-corrected chi connectivity index (χ3v) is 5.11. The molecular formula is C18H20BrNO2S. The number of benzene rings is 2. The molecule has 0 bridgehead atoms. The Hall–Kier alpha value is -1.27. The van der Waals surface area contributed by atoms with Crippen molar-refractivity contribution in [2.45, 2.75) is 6.54 Å². The van der Waals surface area contributed by atoms with E-state index in [2.05, 4.69) is 20.2 Å². The van der Waals surface area contributed by atoms with Crippen LogP contribution >= 0.6 is 11.3 Å². The Morgan fingerprint density at radius 1 is 1.04 bits per heavy atom. The van der Waals surface area contributed by atoms with Crippen LogP contribution < -0.4 is 22.4 Å². The van der Waals surface area contributed by atoms with Crippen molar-refractivity contribution >= 4 is 31.5 Å². The lowest BCUT2D eigenvalue weighted by molar-refractivity contribution is -0.903. The van der Waals surface area contributed by atoms with Crippen LogP contribution in [0.5, 0.6) is 0 Å². The van der Waals surface area contributed by atoms with Gasteiger partial charge in [-0.1, -0.05) is 18.2 Å². The summed E-state index contributed by atoms with van der Waals surface area (Å²) in [6.07, 6.45) is 0. The maximum Gasteiger partial charge on any atom is 0.195 e. The number of likely N-dealkylation sites (N-methyl/N-ethyl adjacent to an activating group) is 1. The van der Waals surface area contributed by atoms with Gasteiger partial charge in [0.1, 0.15) is 13.1 Å². The number of hydrogen-bond donors (Lipinski definition) is 1. The van der Waals surface area contributed by atoms with Crippen molar-refractivity contribution in [2.75, 3.05) is 27.2 Å². The molecule has 3 nitrogen and oxygen atoms in total. The van der Waals surface area contributed by atoms with E-state index in [4.69, 9.17) is 5.11 Å². The van der Waals surface area contributed by atoms with E-state index in [9.17, 15) is 4.79 Å². The molecule has 0 amide bonds. The molecule has 0 spiro atoms. The highest BCUT2D eigenvalue weighted by molar-refractivity contribution is 7.24. The van der Waals surface area contributed by atoms with Gasteiger partial charge in [-0.05, 0) is 24.3 Å². The molecule has 1 N–H and O–H groups in total.